The summed E-state index contributed by atoms with van der Waals surface area (Å²) in [6.45, 7) is 8.97. The molecule has 1 saturated heterocycles. The second-order valence-corrected chi connectivity index (χ2v) is 5.19. The van der Waals surface area contributed by atoms with Crippen LogP contribution in [-0.4, -0.2) is 60.6 Å². The molecule has 4 nitrogen and oxygen atoms in total. The average molecular weight is 248 g/mol. The van der Waals surface area contributed by atoms with Crippen molar-refractivity contribution >= 4 is 0 Å². The van der Waals surface area contributed by atoms with Gasteiger partial charge in [-0.25, -0.2) is 0 Å². The molecule has 0 saturated carbocycles. The molecule has 4 heteroatoms. The summed E-state index contributed by atoms with van der Waals surface area (Å²) in [5, 5.41) is 3.49. The van der Waals surface area contributed by atoms with Crippen LogP contribution in [0.1, 0.15) is 12.5 Å². The Morgan fingerprint density at radius 2 is 2.33 bits per heavy atom. The van der Waals surface area contributed by atoms with Gasteiger partial charge in [-0.05, 0) is 25.6 Å². The molecule has 0 aromatic carbocycles. The lowest BCUT2D eigenvalue weighted by Crippen LogP contribution is -2.51. The third-order valence-corrected chi connectivity index (χ3v) is 3.60. The quantitative estimate of drug-likeness (QED) is 0.781. The van der Waals surface area contributed by atoms with Gasteiger partial charge in [0.15, 0.2) is 0 Å². The van der Waals surface area contributed by atoms with E-state index >= 15 is 0 Å². The highest BCUT2D eigenvalue weighted by atomic mass is 15.3. The predicted octanol–water partition coefficient (Wildman–Crippen LogP) is 0.807. The highest BCUT2D eigenvalue weighted by molar-refractivity contribution is 5.07. The summed E-state index contributed by atoms with van der Waals surface area (Å²) >= 11 is 0. The van der Waals surface area contributed by atoms with E-state index in [0.29, 0.717) is 6.04 Å². The Labute approximate surface area is 110 Å². The maximum atomic E-state index is 4.12. The van der Waals surface area contributed by atoms with Gasteiger partial charge < -0.3 is 10.2 Å². The molecule has 0 spiro atoms. The van der Waals surface area contributed by atoms with Crippen molar-refractivity contribution in [3.8, 4) is 0 Å². The first kappa shape index (κ1) is 13.5. The van der Waals surface area contributed by atoms with Crippen LogP contribution in [0.4, 0.5) is 0 Å². The molecule has 1 aromatic heterocycles. The Hall–Kier alpha value is -0.970. The highest BCUT2D eigenvalue weighted by Crippen LogP contribution is 2.06. The topological polar surface area (TPSA) is 31.4 Å². The molecular weight excluding hydrogens is 224 g/mol. The van der Waals surface area contributed by atoms with Gasteiger partial charge in [0, 0.05) is 57.7 Å². The van der Waals surface area contributed by atoms with Gasteiger partial charge >= 0.3 is 0 Å². The van der Waals surface area contributed by atoms with E-state index in [-0.39, 0.29) is 0 Å². The first-order chi connectivity index (χ1) is 8.75. The third-order valence-electron chi connectivity index (χ3n) is 3.60. The molecule has 1 fully saturated rings. The van der Waals surface area contributed by atoms with Crippen LogP contribution >= 0.6 is 0 Å². The van der Waals surface area contributed by atoms with Crippen molar-refractivity contribution in [2.45, 2.75) is 19.5 Å². The fraction of sp³-hybridized carbons (Fsp3) is 0.643. The van der Waals surface area contributed by atoms with E-state index in [1.807, 2.05) is 18.5 Å². The minimum atomic E-state index is 0.670. The Bertz CT molecular complexity index is 341. The summed E-state index contributed by atoms with van der Waals surface area (Å²) in [6, 6.07) is 4.77. The maximum absolute atomic E-state index is 4.12. The molecule has 2 rings (SSSR count). The fourth-order valence-electron chi connectivity index (χ4n) is 2.47. The Kier molecular flexibility index (Phi) is 5.11. The maximum Gasteiger partial charge on any atom is 0.0312 e. The molecular formula is C14H24N4. The summed E-state index contributed by atoms with van der Waals surface area (Å²) in [4.78, 5) is 9.09. The number of nitrogens with zero attached hydrogens (tertiary/aromatic N) is 3. The number of rotatable bonds is 5. The molecule has 2 heterocycles. The largest absolute Gasteiger partial charge is 0.311 e. The second kappa shape index (κ2) is 6.83. The lowest BCUT2D eigenvalue weighted by atomic mass is 10.2. The van der Waals surface area contributed by atoms with Crippen molar-refractivity contribution in [1.29, 1.82) is 0 Å². The van der Waals surface area contributed by atoms with E-state index in [1.165, 1.54) is 25.2 Å². The van der Waals surface area contributed by atoms with Crippen LogP contribution in [-0.2, 0) is 6.54 Å². The highest BCUT2D eigenvalue weighted by Gasteiger charge is 2.20. The number of hydrogen-bond acceptors (Lipinski definition) is 4. The molecule has 1 atom stereocenters. The van der Waals surface area contributed by atoms with Gasteiger partial charge in [0.05, 0.1) is 0 Å². The zero-order valence-electron chi connectivity index (χ0n) is 11.5. The third kappa shape index (κ3) is 4.05. The molecule has 100 valence electrons. The van der Waals surface area contributed by atoms with Crippen LogP contribution in [0.15, 0.2) is 24.5 Å². The number of piperazine rings is 1. The summed E-state index contributed by atoms with van der Waals surface area (Å²) in [6.07, 6.45) is 3.74. The smallest absolute Gasteiger partial charge is 0.0312 e. The van der Waals surface area contributed by atoms with E-state index in [0.717, 1.165) is 19.6 Å². The zero-order chi connectivity index (χ0) is 12.8. The lowest BCUT2D eigenvalue weighted by molar-refractivity contribution is 0.101. The van der Waals surface area contributed by atoms with Crippen molar-refractivity contribution in [3.05, 3.63) is 30.1 Å². The molecule has 0 radical (unpaired) electrons. The summed E-state index contributed by atoms with van der Waals surface area (Å²) in [7, 11) is 2.20. The van der Waals surface area contributed by atoms with Crippen molar-refractivity contribution in [2.24, 2.45) is 0 Å². The molecule has 1 aliphatic rings. The van der Waals surface area contributed by atoms with Gasteiger partial charge in [-0.2, -0.15) is 0 Å². The van der Waals surface area contributed by atoms with Gasteiger partial charge in [0.25, 0.3) is 0 Å². The fourth-order valence-corrected chi connectivity index (χ4v) is 2.47. The second-order valence-electron chi connectivity index (χ2n) is 5.19. The van der Waals surface area contributed by atoms with Crippen molar-refractivity contribution < 1.29 is 0 Å². The van der Waals surface area contributed by atoms with Crippen molar-refractivity contribution in [2.75, 3.05) is 39.8 Å². The first-order valence-corrected chi connectivity index (χ1v) is 6.78. The number of likely N-dealkylation sites (N-methyl/N-ethyl adjacent to an activating group) is 1. The van der Waals surface area contributed by atoms with Crippen LogP contribution in [0.25, 0.3) is 0 Å². The van der Waals surface area contributed by atoms with Crippen LogP contribution in [0, 0.1) is 0 Å². The summed E-state index contributed by atoms with van der Waals surface area (Å²) < 4.78 is 0. The van der Waals surface area contributed by atoms with Gasteiger partial charge in [0.2, 0.25) is 0 Å². The monoisotopic (exact) mass is 248 g/mol. The van der Waals surface area contributed by atoms with Crippen molar-refractivity contribution in [1.82, 2.24) is 20.1 Å². The average Bonchev–Trinajstić information content (AvgIpc) is 2.38. The number of hydrogen-bond donors (Lipinski definition) is 1. The molecule has 1 aromatic rings. The Balaban J connectivity index is 1.64. The summed E-state index contributed by atoms with van der Waals surface area (Å²) in [5.74, 6) is 0. The van der Waals surface area contributed by atoms with E-state index in [1.54, 1.807) is 0 Å². The minimum absolute atomic E-state index is 0.670. The van der Waals surface area contributed by atoms with E-state index in [9.17, 15) is 0 Å². The van der Waals surface area contributed by atoms with E-state index in [2.05, 4.69) is 40.1 Å². The van der Waals surface area contributed by atoms with Gasteiger partial charge in [-0.1, -0.05) is 6.07 Å². The van der Waals surface area contributed by atoms with Crippen LogP contribution < -0.4 is 5.32 Å². The standard InChI is InChI=1S/C14H24N4/c1-13-12-17(2)8-9-18(13)7-6-16-11-14-4-3-5-15-10-14/h3-5,10,13,16H,6-9,11-12H2,1-2H3. The van der Waals surface area contributed by atoms with Crippen LogP contribution in [0.3, 0.4) is 0 Å². The number of pyridine rings is 1. The van der Waals surface area contributed by atoms with E-state index < -0.39 is 0 Å². The zero-order valence-corrected chi connectivity index (χ0v) is 11.5. The number of nitrogens with one attached hydrogen (secondary N) is 1. The summed E-state index contributed by atoms with van der Waals surface area (Å²) in [5.41, 5.74) is 1.25. The van der Waals surface area contributed by atoms with Gasteiger partial charge in [0.1, 0.15) is 0 Å². The molecule has 1 unspecified atom stereocenters. The molecule has 0 bridgehead atoms. The van der Waals surface area contributed by atoms with Gasteiger partial charge in [-0.3, -0.25) is 9.88 Å². The molecule has 1 aliphatic heterocycles. The lowest BCUT2D eigenvalue weighted by Gasteiger charge is -2.38. The molecule has 18 heavy (non-hydrogen) atoms. The molecule has 0 aliphatic carbocycles. The van der Waals surface area contributed by atoms with Gasteiger partial charge in [-0.15, -0.1) is 0 Å². The first-order valence-electron chi connectivity index (χ1n) is 6.78. The van der Waals surface area contributed by atoms with Crippen LogP contribution in [0.2, 0.25) is 0 Å². The molecule has 0 amide bonds. The Morgan fingerprint density at radius 3 is 3.06 bits per heavy atom. The normalized spacial score (nSPS) is 22.2. The van der Waals surface area contributed by atoms with Crippen molar-refractivity contribution in [3.63, 3.8) is 0 Å². The van der Waals surface area contributed by atoms with Crippen LogP contribution in [0.5, 0.6) is 0 Å². The van der Waals surface area contributed by atoms with E-state index in [4.69, 9.17) is 0 Å². The number of aromatic nitrogens is 1. The predicted molar refractivity (Wildman–Crippen MR) is 74.5 cm³/mol. The Morgan fingerprint density at radius 1 is 1.44 bits per heavy atom. The SMILES string of the molecule is CC1CN(C)CCN1CCNCc1cccnc1. The minimum Gasteiger partial charge on any atom is -0.311 e. The molecule has 1 N–H and O–H groups in total.